The van der Waals surface area contributed by atoms with Crippen LogP contribution in [-0.2, 0) is 9.53 Å². The summed E-state index contributed by atoms with van der Waals surface area (Å²) in [6, 6.07) is 0. The van der Waals surface area contributed by atoms with Crippen molar-refractivity contribution in [3.63, 3.8) is 0 Å². The first-order valence-corrected chi connectivity index (χ1v) is 6.51. The highest BCUT2D eigenvalue weighted by atomic mass is 16.5. The molecule has 0 fully saturated rings. The van der Waals surface area contributed by atoms with Crippen LogP contribution >= 0.6 is 0 Å². The summed E-state index contributed by atoms with van der Waals surface area (Å²) in [5, 5.41) is 9.96. The molecule has 0 aliphatic carbocycles. The number of carbonyl (C=O) groups excluding carboxylic acids is 1. The zero-order valence-corrected chi connectivity index (χ0v) is 10.9. The van der Waals surface area contributed by atoms with Crippen molar-refractivity contribution in [1.29, 1.82) is 0 Å². The van der Waals surface area contributed by atoms with E-state index in [1.54, 1.807) is 6.92 Å². The van der Waals surface area contributed by atoms with Gasteiger partial charge in [-0.15, -0.1) is 0 Å². The minimum Gasteiger partial charge on any atom is -0.466 e. The summed E-state index contributed by atoms with van der Waals surface area (Å²) in [5.41, 5.74) is 0. The maximum absolute atomic E-state index is 11.6. The lowest BCUT2D eigenvalue weighted by Crippen LogP contribution is -2.30. The molecular weight excluding hydrogens is 204 g/mol. The van der Waals surface area contributed by atoms with Gasteiger partial charge in [0, 0.05) is 0 Å². The van der Waals surface area contributed by atoms with Gasteiger partial charge in [-0.1, -0.05) is 39.5 Å². The molecule has 2 unspecified atom stereocenters. The maximum atomic E-state index is 11.6. The maximum Gasteiger partial charge on any atom is 0.311 e. The fraction of sp³-hybridized carbons (Fsp3) is 0.923. The molecule has 0 aromatic rings. The molecule has 0 spiro atoms. The average Bonchev–Trinajstić information content (AvgIpc) is 2.26. The zero-order valence-electron chi connectivity index (χ0n) is 10.9. The van der Waals surface area contributed by atoms with Crippen LogP contribution in [0.25, 0.3) is 0 Å². The summed E-state index contributed by atoms with van der Waals surface area (Å²) in [6.45, 7) is 6.33. The van der Waals surface area contributed by atoms with Crippen LogP contribution in [0.2, 0.25) is 0 Å². The zero-order chi connectivity index (χ0) is 12.4. The van der Waals surface area contributed by atoms with Crippen molar-refractivity contribution in [1.82, 2.24) is 0 Å². The second kappa shape index (κ2) is 9.64. The van der Waals surface area contributed by atoms with E-state index < -0.39 is 6.10 Å². The van der Waals surface area contributed by atoms with Gasteiger partial charge in [-0.25, -0.2) is 0 Å². The van der Waals surface area contributed by atoms with Gasteiger partial charge < -0.3 is 9.84 Å². The van der Waals surface area contributed by atoms with Gasteiger partial charge in [-0.3, -0.25) is 4.79 Å². The van der Waals surface area contributed by atoms with E-state index in [1.165, 1.54) is 0 Å². The number of rotatable bonds is 9. The molecule has 0 aliphatic heterocycles. The fourth-order valence-electron chi connectivity index (χ4n) is 1.83. The summed E-state index contributed by atoms with van der Waals surface area (Å²) in [7, 11) is 0. The number of hydrogen-bond acceptors (Lipinski definition) is 3. The Bertz CT molecular complexity index is 180. The number of hydrogen-bond donors (Lipinski definition) is 1. The molecule has 0 saturated heterocycles. The van der Waals surface area contributed by atoms with Gasteiger partial charge in [0.25, 0.3) is 0 Å². The predicted molar refractivity (Wildman–Crippen MR) is 65.2 cm³/mol. The van der Waals surface area contributed by atoms with Crippen molar-refractivity contribution in [3.05, 3.63) is 0 Å². The lowest BCUT2D eigenvalue weighted by molar-refractivity contribution is -0.152. The number of esters is 1. The highest BCUT2D eigenvalue weighted by Crippen LogP contribution is 2.18. The quantitative estimate of drug-likeness (QED) is 0.489. The number of aliphatic hydroxyl groups is 1. The van der Waals surface area contributed by atoms with Gasteiger partial charge in [-0.2, -0.15) is 0 Å². The van der Waals surface area contributed by atoms with Gasteiger partial charge in [0.15, 0.2) is 0 Å². The summed E-state index contributed by atoms with van der Waals surface area (Å²) in [6.07, 6.45) is 5.00. The predicted octanol–water partition coefficient (Wildman–Crippen LogP) is 2.91. The fourth-order valence-corrected chi connectivity index (χ4v) is 1.83. The molecule has 1 N–H and O–H groups in total. The van der Waals surface area contributed by atoms with Crippen LogP contribution in [0.3, 0.4) is 0 Å². The van der Waals surface area contributed by atoms with Crippen molar-refractivity contribution >= 4 is 5.97 Å². The normalized spacial score (nSPS) is 14.5. The third-order valence-electron chi connectivity index (χ3n) is 2.76. The SMILES string of the molecule is CCCCCC(O)C(CCC)C(=O)OCC. The van der Waals surface area contributed by atoms with Crippen LogP contribution < -0.4 is 0 Å². The minimum absolute atomic E-state index is 0.242. The van der Waals surface area contributed by atoms with Crippen molar-refractivity contribution in [2.45, 2.75) is 65.4 Å². The van der Waals surface area contributed by atoms with Crippen LogP contribution in [0.5, 0.6) is 0 Å². The summed E-state index contributed by atoms with van der Waals surface area (Å²) in [4.78, 5) is 11.6. The van der Waals surface area contributed by atoms with Crippen LogP contribution in [0.4, 0.5) is 0 Å². The Morgan fingerprint density at radius 3 is 2.31 bits per heavy atom. The summed E-state index contributed by atoms with van der Waals surface area (Å²) in [5.74, 6) is -0.574. The monoisotopic (exact) mass is 230 g/mol. The van der Waals surface area contributed by atoms with E-state index in [-0.39, 0.29) is 11.9 Å². The summed E-state index contributed by atoms with van der Waals surface area (Å²) < 4.78 is 4.99. The Balaban J connectivity index is 4.11. The van der Waals surface area contributed by atoms with E-state index in [0.717, 1.165) is 25.7 Å². The molecule has 0 aromatic heterocycles. The molecule has 2 atom stereocenters. The van der Waals surface area contributed by atoms with Crippen molar-refractivity contribution in [3.8, 4) is 0 Å². The Hall–Kier alpha value is -0.570. The van der Waals surface area contributed by atoms with E-state index in [4.69, 9.17) is 4.74 Å². The minimum atomic E-state index is -0.537. The molecule has 96 valence electrons. The van der Waals surface area contributed by atoms with Crippen LogP contribution in [0, 0.1) is 5.92 Å². The van der Waals surface area contributed by atoms with Crippen LogP contribution in [0.1, 0.15) is 59.3 Å². The average molecular weight is 230 g/mol. The highest BCUT2D eigenvalue weighted by molar-refractivity contribution is 5.73. The second-order valence-electron chi connectivity index (χ2n) is 4.21. The molecule has 0 radical (unpaired) electrons. The molecule has 0 aliphatic rings. The van der Waals surface area contributed by atoms with E-state index in [0.29, 0.717) is 19.4 Å². The Labute approximate surface area is 99.2 Å². The van der Waals surface area contributed by atoms with Crippen LogP contribution in [-0.4, -0.2) is 23.8 Å². The number of unbranched alkanes of at least 4 members (excludes halogenated alkanes) is 2. The van der Waals surface area contributed by atoms with Crippen LogP contribution in [0.15, 0.2) is 0 Å². The van der Waals surface area contributed by atoms with E-state index in [2.05, 4.69) is 6.92 Å². The molecule has 16 heavy (non-hydrogen) atoms. The first-order valence-electron chi connectivity index (χ1n) is 6.51. The number of aliphatic hydroxyl groups excluding tert-OH is 1. The van der Waals surface area contributed by atoms with Crippen molar-refractivity contribution in [2.75, 3.05) is 6.61 Å². The molecule has 0 rings (SSSR count). The first-order chi connectivity index (χ1) is 7.67. The third-order valence-corrected chi connectivity index (χ3v) is 2.76. The van der Waals surface area contributed by atoms with Gasteiger partial charge in [-0.05, 0) is 19.8 Å². The Kier molecular flexibility index (Phi) is 9.30. The second-order valence-corrected chi connectivity index (χ2v) is 4.21. The van der Waals surface area contributed by atoms with Crippen molar-refractivity contribution in [2.24, 2.45) is 5.92 Å². The molecule has 0 aromatic carbocycles. The van der Waals surface area contributed by atoms with E-state index in [9.17, 15) is 9.90 Å². The highest BCUT2D eigenvalue weighted by Gasteiger charge is 2.26. The summed E-state index contributed by atoms with van der Waals surface area (Å²) >= 11 is 0. The molecule has 3 heteroatoms. The van der Waals surface area contributed by atoms with Crippen molar-refractivity contribution < 1.29 is 14.6 Å². The standard InChI is InChI=1S/C13H26O3/c1-4-7-8-10-12(14)11(9-5-2)13(15)16-6-3/h11-12,14H,4-10H2,1-3H3. The Morgan fingerprint density at radius 2 is 1.81 bits per heavy atom. The lowest BCUT2D eigenvalue weighted by Gasteiger charge is -2.20. The van der Waals surface area contributed by atoms with E-state index in [1.807, 2.05) is 6.92 Å². The smallest absolute Gasteiger partial charge is 0.311 e. The van der Waals surface area contributed by atoms with Gasteiger partial charge in [0.1, 0.15) is 0 Å². The Morgan fingerprint density at radius 1 is 1.12 bits per heavy atom. The number of carbonyl (C=O) groups is 1. The third kappa shape index (κ3) is 6.11. The topological polar surface area (TPSA) is 46.5 Å². The molecule has 0 bridgehead atoms. The molecule has 3 nitrogen and oxygen atoms in total. The first kappa shape index (κ1) is 15.4. The largest absolute Gasteiger partial charge is 0.466 e. The number of ether oxygens (including phenoxy) is 1. The molecular formula is C13H26O3. The lowest BCUT2D eigenvalue weighted by atomic mass is 9.93. The molecule has 0 heterocycles. The van der Waals surface area contributed by atoms with E-state index >= 15 is 0 Å². The van der Waals surface area contributed by atoms with Gasteiger partial charge >= 0.3 is 5.97 Å². The molecule has 0 saturated carbocycles. The van der Waals surface area contributed by atoms with Gasteiger partial charge in [0.05, 0.1) is 18.6 Å². The molecule has 0 amide bonds. The van der Waals surface area contributed by atoms with Gasteiger partial charge in [0.2, 0.25) is 0 Å².